The molecule has 0 aromatic carbocycles. The highest BCUT2D eigenvalue weighted by Crippen LogP contribution is 2.01. The minimum Gasteiger partial charge on any atom is -0.334 e. The van der Waals surface area contributed by atoms with Crippen molar-refractivity contribution in [2.24, 2.45) is 0 Å². The van der Waals surface area contributed by atoms with Crippen LogP contribution in [0.2, 0.25) is 0 Å². The number of aromatic nitrogens is 2. The van der Waals surface area contributed by atoms with Gasteiger partial charge >= 0.3 is 0 Å². The van der Waals surface area contributed by atoms with E-state index in [-0.39, 0.29) is 0 Å². The van der Waals surface area contributed by atoms with Gasteiger partial charge in [-0.2, -0.15) is 0 Å². The van der Waals surface area contributed by atoms with Crippen molar-refractivity contribution in [2.75, 3.05) is 19.6 Å². The highest BCUT2D eigenvalue weighted by molar-refractivity contribution is 4.92. The molecule has 0 saturated heterocycles. The number of likely N-dealkylation sites (N-methyl/N-ethyl adjacent to an activating group) is 1. The zero-order valence-electron chi connectivity index (χ0n) is 10.2. The molecule has 0 fully saturated rings. The van der Waals surface area contributed by atoms with E-state index in [2.05, 4.69) is 41.4 Å². The Labute approximate surface area is 93.1 Å². The lowest BCUT2D eigenvalue weighted by Crippen LogP contribution is -2.27. The van der Waals surface area contributed by atoms with Crippen molar-refractivity contribution in [1.82, 2.24) is 14.5 Å². The molecule has 15 heavy (non-hydrogen) atoms. The van der Waals surface area contributed by atoms with Gasteiger partial charge in [-0.25, -0.2) is 4.98 Å². The van der Waals surface area contributed by atoms with Crippen LogP contribution in [-0.2, 0) is 13.0 Å². The highest BCUT2D eigenvalue weighted by Gasteiger charge is 2.03. The third-order valence-electron chi connectivity index (χ3n) is 2.83. The molecule has 0 atom stereocenters. The molecule has 0 amide bonds. The maximum absolute atomic E-state index is 4.38. The zero-order chi connectivity index (χ0) is 11.1. The van der Waals surface area contributed by atoms with E-state index >= 15 is 0 Å². The lowest BCUT2D eigenvalue weighted by atomic mass is 10.3. The summed E-state index contributed by atoms with van der Waals surface area (Å²) in [6.07, 6.45) is 6.26. The lowest BCUT2D eigenvalue weighted by molar-refractivity contribution is 0.289. The summed E-state index contributed by atoms with van der Waals surface area (Å²) < 4.78 is 2.28. The smallest absolute Gasteiger partial charge is 0.108 e. The van der Waals surface area contributed by atoms with E-state index in [4.69, 9.17) is 0 Å². The first kappa shape index (κ1) is 12.2. The minimum absolute atomic E-state index is 1.07. The number of hydrogen-bond donors (Lipinski definition) is 0. The fraction of sp³-hybridized carbons (Fsp3) is 0.750. The molecule has 0 bridgehead atoms. The zero-order valence-corrected chi connectivity index (χ0v) is 10.2. The highest BCUT2D eigenvalue weighted by atomic mass is 15.2. The largest absolute Gasteiger partial charge is 0.334 e. The summed E-state index contributed by atoms with van der Waals surface area (Å²) in [5.74, 6) is 1.23. The van der Waals surface area contributed by atoms with Gasteiger partial charge in [-0.05, 0) is 19.5 Å². The molecule has 3 nitrogen and oxygen atoms in total. The summed E-state index contributed by atoms with van der Waals surface area (Å²) in [4.78, 5) is 6.82. The van der Waals surface area contributed by atoms with E-state index < -0.39 is 0 Å². The molecule has 86 valence electrons. The molecule has 0 N–H and O–H groups in total. The molecule has 0 saturated carbocycles. The van der Waals surface area contributed by atoms with Gasteiger partial charge in [0, 0.05) is 31.9 Å². The van der Waals surface area contributed by atoms with Crippen LogP contribution in [0.5, 0.6) is 0 Å². The standard InChI is InChI=1S/C12H23N3/c1-4-7-12-13-8-9-15(12)11-10-14(5-2)6-3/h8-9H,4-7,10-11H2,1-3H3. The second-order valence-electron chi connectivity index (χ2n) is 3.81. The molecular weight excluding hydrogens is 186 g/mol. The molecule has 0 unspecified atom stereocenters. The van der Waals surface area contributed by atoms with Crippen molar-refractivity contribution in [3.05, 3.63) is 18.2 Å². The van der Waals surface area contributed by atoms with Crippen LogP contribution in [0.15, 0.2) is 12.4 Å². The van der Waals surface area contributed by atoms with Gasteiger partial charge in [0.25, 0.3) is 0 Å². The van der Waals surface area contributed by atoms with Crippen molar-refractivity contribution in [1.29, 1.82) is 0 Å². The van der Waals surface area contributed by atoms with Crippen molar-refractivity contribution < 1.29 is 0 Å². The van der Waals surface area contributed by atoms with E-state index in [1.807, 2.05) is 6.20 Å². The van der Waals surface area contributed by atoms with Crippen LogP contribution in [0, 0.1) is 0 Å². The van der Waals surface area contributed by atoms with Crippen molar-refractivity contribution in [2.45, 2.75) is 40.2 Å². The number of hydrogen-bond acceptors (Lipinski definition) is 2. The Morgan fingerprint density at radius 2 is 2.00 bits per heavy atom. The predicted molar refractivity (Wildman–Crippen MR) is 64.0 cm³/mol. The molecule has 3 heteroatoms. The first-order valence-electron chi connectivity index (χ1n) is 6.04. The normalized spacial score (nSPS) is 11.2. The molecule has 0 aliphatic heterocycles. The first-order valence-corrected chi connectivity index (χ1v) is 6.04. The van der Waals surface area contributed by atoms with Gasteiger partial charge in [0.2, 0.25) is 0 Å². The third-order valence-corrected chi connectivity index (χ3v) is 2.83. The second kappa shape index (κ2) is 6.62. The molecule has 0 aliphatic carbocycles. The van der Waals surface area contributed by atoms with Gasteiger partial charge in [0.15, 0.2) is 0 Å². The van der Waals surface area contributed by atoms with E-state index in [1.54, 1.807) is 0 Å². The lowest BCUT2D eigenvalue weighted by Gasteiger charge is -2.18. The van der Waals surface area contributed by atoms with Crippen molar-refractivity contribution in [3.63, 3.8) is 0 Å². The summed E-state index contributed by atoms with van der Waals surface area (Å²) >= 11 is 0. The Kier molecular flexibility index (Phi) is 5.40. The fourth-order valence-electron chi connectivity index (χ4n) is 1.78. The van der Waals surface area contributed by atoms with E-state index in [0.717, 1.165) is 32.6 Å². The van der Waals surface area contributed by atoms with Crippen LogP contribution in [0.25, 0.3) is 0 Å². The minimum atomic E-state index is 1.07. The molecule has 1 aromatic rings. The molecule has 1 rings (SSSR count). The summed E-state index contributed by atoms with van der Waals surface area (Å²) in [5.41, 5.74) is 0. The van der Waals surface area contributed by atoms with E-state index in [1.165, 1.54) is 12.2 Å². The first-order chi connectivity index (χ1) is 7.31. The summed E-state index contributed by atoms with van der Waals surface area (Å²) in [6.45, 7) is 11.1. The van der Waals surface area contributed by atoms with E-state index in [0.29, 0.717) is 0 Å². The summed E-state index contributed by atoms with van der Waals surface area (Å²) in [6, 6.07) is 0. The van der Waals surface area contributed by atoms with Gasteiger partial charge in [0.1, 0.15) is 5.82 Å². The fourth-order valence-corrected chi connectivity index (χ4v) is 1.78. The van der Waals surface area contributed by atoms with Gasteiger partial charge in [-0.15, -0.1) is 0 Å². The van der Waals surface area contributed by atoms with Gasteiger partial charge in [0.05, 0.1) is 0 Å². The average Bonchev–Trinajstić information content (AvgIpc) is 2.68. The maximum Gasteiger partial charge on any atom is 0.108 e. The monoisotopic (exact) mass is 209 g/mol. The predicted octanol–water partition coefficient (Wildman–Crippen LogP) is 2.18. The van der Waals surface area contributed by atoms with Crippen LogP contribution in [0.3, 0.4) is 0 Å². The topological polar surface area (TPSA) is 21.1 Å². The van der Waals surface area contributed by atoms with Gasteiger partial charge in [-0.1, -0.05) is 20.8 Å². The second-order valence-corrected chi connectivity index (χ2v) is 3.81. The Morgan fingerprint density at radius 1 is 1.27 bits per heavy atom. The van der Waals surface area contributed by atoms with Crippen LogP contribution >= 0.6 is 0 Å². The Bertz CT molecular complexity index is 264. The Balaban J connectivity index is 2.45. The van der Waals surface area contributed by atoms with Crippen molar-refractivity contribution in [3.8, 4) is 0 Å². The SMILES string of the molecule is CCCc1nccn1CCN(CC)CC. The van der Waals surface area contributed by atoms with Crippen LogP contribution < -0.4 is 0 Å². The third kappa shape index (κ3) is 3.67. The number of imidazole rings is 1. The molecule has 0 spiro atoms. The number of rotatable bonds is 7. The number of nitrogens with zero attached hydrogens (tertiary/aromatic N) is 3. The van der Waals surface area contributed by atoms with Crippen LogP contribution in [-0.4, -0.2) is 34.1 Å². The molecule has 0 aliphatic rings. The van der Waals surface area contributed by atoms with Crippen LogP contribution in [0.4, 0.5) is 0 Å². The van der Waals surface area contributed by atoms with E-state index in [9.17, 15) is 0 Å². The quantitative estimate of drug-likeness (QED) is 0.686. The maximum atomic E-state index is 4.38. The Hall–Kier alpha value is -0.830. The summed E-state index contributed by atoms with van der Waals surface area (Å²) in [7, 11) is 0. The van der Waals surface area contributed by atoms with Gasteiger partial charge < -0.3 is 9.47 Å². The van der Waals surface area contributed by atoms with Gasteiger partial charge in [-0.3, -0.25) is 0 Å². The molecule has 1 heterocycles. The average molecular weight is 209 g/mol. The Morgan fingerprint density at radius 3 is 2.60 bits per heavy atom. The molecule has 0 radical (unpaired) electrons. The molecule has 1 aromatic heterocycles. The summed E-state index contributed by atoms with van der Waals surface area (Å²) in [5, 5.41) is 0. The number of aryl methyl sites for hydroxylation is 1. The van der Waals surface area contributed by atoms with Crippen LogP contribution in [0.1, 0.15) is 33.0 Å². The van der Waals surface area contributed by atoms with Crippen molar-refractivity contribution >= 4 is 0 Å². The molecular formula is C12H23N3.